The molecule has 0 radical (unpaired) electrons. The van der Waals surface area contributed by atoms with Gasteiger partial charge in [0.15, 0.2) is 11.6 Å². The summed E-state index contributed by atoms with van der Waals surface area (Å²) in [4.78, 5) is 41.3. The highest BCUT2D eigenvalue weighted by Crippen LogP contribution is 2.21. The Balaban J connectivity index is 0.000000387. The first kappa shape index (κ1) is 24.6. The van der Waals surface area contributed by atoms with Gasteiger partial charge in [-0.15, -0.1) is 0 Å². The van der Waals surface area contributed by atoms with E-state index in [0.717, 1.165) is 4.90 Å². The maximum Gasteiger partial charge on any atom is 0.397 e. The molecule has 0 atom stereocenters. The van der Waals surface area contributed by atoms with E-state index in [4.69, 9.17) is 11.8 Å². The van der Waals surface area contributed by atoms with E-state index in [2.05, 4.69) is 11.6 Å². The molecule has 2 fully saturated rings. The van der Waals surface area contributed by atoms with Crippen LogP contribution >= 0.6 is 23.4 Å². The van der Waals surface area contributed by atoms with E-state index in [1.807, 2.05) is 0 Å². The zero-order chi connectivity index (χ0) is 20.7. The fourth-order valence-corrected chi connectivity index (χ4v) is 1.75. The van der Waals surface area contributed by atoms with Crippen molar-refractivity contribution in [2.75, 3.05) is 26.2 Å². The minimum atomic E-state index is -4.48. The van der Waals surface area contributed by atoms with Crippen LogP contribution in [0, 0.1) is 0 Å². The van der Waals surface area contributed by atoms with Gasteiger partial charge >= 0.3 is 12.4 Å². The smallest absolute Gasteiger partial charge is 0.328 e. The Bertz CT molecular complexity index is 537. The van der Waals surface area contributed by atoms with Gasteiger partial charge in [0, 0.05) is 0 Å². The van der Waals surface area contributed by atoms with Gasteiger partial charge in [0.2, 0.25) is 11.1 Å². The van der Waals surface area contributed by atoms with E-state index in [-0.39, 0.29) is 24.7 Å². The molecule has 0 bridgehead atoms. The van der Waals surface area contributed by atoms with E-state index in [0.29, 0.717) is 13.1 Å². The van der Waals surface area contributed by atoms with Gasteiger partial charge in [-0.05, 0) is 23.4 Å². The Morgan fingerprint density at radius 3 is 1.38 bits per heavy atom. The van der Waals surface area contributed by atoms with Gasteiger partial charge in [0.1, 0.15) is 12.8 Å². The summed E-state index contributed by atoms with van der Waals surface area (Å²) >= 11 is 9.66. The van der Waals surface area contributed by atoms with Crippen molar-refractivity contribution in [3.63, 3.8) is 0 Å². The van der Waals surface area contributed by atoms with E-state index in [1.54, 1.807) is 0 Å². The first-order chi connectivity index (χ1) is 11.6. The van der Waals surface area contributed by atoms with E-state index < -0.39 is 36.3 Å². The Hall–Kier alpha value is -1.40. The Morgan fingerprint density at radius 1 is 0.846 bits per heavy atom. The molecule has 2 rings (SSSR count). The molecule has 2 saturated heterocycles. The molecule has 0 saturated carbocycles. The highest BCUT2D eigenvalue weighted by molar-refractivity contribution is 6.63. The molecule has 26 heavy (non-hydrogen) atoms. The zero-order valence-electron chi connectivity index (χ0n) is 12.8. The standard InChI is InChI=1S/C6H6F3NO2.C3H2ClF3O.C3H4ClNO/c7-6(8,9)1-5(12)10-2-4(11)3-10;4-2(8)1-3(5,6)7;4-5-1-3(6)2-5/h1-3H2;1H2;1-2H2. The summed E-state index contributed by atoms with van der Waals surface area (Å²) in [5.41, 5.74) is 0. The minimum absolute atomic E-state index is 0.172. The third-order valence-electron chi connectivity index (χ3n) is 2.47. The molecule has 2 aliphatic heterocycles. The molecular weight excluding hydrogens is 421 g/mol. The summed E-state index contributed by atoms with van der Waals surface area (Å²) in [6.07, 6.45) is -12.0. The Labute approximate surface area is 153 Å². The van der Waals surface area contributed by atoms with Crippen molar-refractivity contribution in [3.05, 3.63) is 0 Å². The molecule has 14 heteroatoms. The molecular formula is C12H12Cl2F6N2O4. The van der Waals surface area contributed by atoms with Crippen LogP contribution in [0.4, 0.5) is 26.3 Å². The zero-order valence-corrected chi connectivity index (χ0v) is 14.3. The number of hydrogen-bond acceptors (Lipinski definition) is 5. The molecule has 2 heterocycles. The predicted octanol–water partition coefficient (Wildman–Crippen LogP) is 2.08. The lowest BCUT2D eigenvalue weighted by molar-refractivity contribution is -0.166. The van der Waals surface area contributed by atoms with Crippen LogP contribution in [-0.2, 0) is 19.2 Å². The number of amides is 1. The molecule has 0 unspecified atom stereocenters. The fourth-order valence-electron chi connectivity index (χ4n) is 1.33. The van der Waals surface area contributed by atoms with E-state index in [1.165, 1.54) is 4.42 Å². The normalized spacial score (nSPS) is 17.2. The molecule has 0 spiro atoms. The van der Waals surface area contributed by atoms with Crippen molar-refractivity contribution in [1.29, 1.82) is 0 Å². The number of Topliss-reactive ketones (excluding diaryl/α,β-unsaturated/α-hetero) is 2. The average molecular weight is 433 g/mol. The molecule has 1 amide bonds. The van der Waals surface area contributed by atoms with Gasteiger partial charge in [0.05, 0.1) is 26.2 Å². The molecule has 0 aromatic heterocycles. The summed E-state index contributed by atoms with van der Waals surface area (Å²) in [5.74, 6) is -1.00. The van der Waals surface area contributed by atoms with Gasteiger partial charge in [-0.25, -0.2) is 4.42 Å². The Kier molecular flexibility index (Phi) is 9.53. The molecule has 6 nitrogen and oxygen atoms in total. The van der Waals surface area contributed by atoms with Crippen molar-refractivity contribution in [3.8, 4) is 0 Å². The van der Waals surface area contributed by atoms with Crippen LogP contribution < -0.4 is 0 Å². The number of halogens is 8. The molecule has 0 N–H and O–H groups in total. The number of likely N-dealkylation sites (tertiary alicyclic amines) is 1. The third kappa shape index (κ3) is 12.9. The van der Waals surface area contributed by atoms with Crippen LogP contribution in [0.1, 0.15) is 12.8 Å². The Morgan fingerprint density at radius 2 is 1.23 bits per heavy atom. The molecule has 0 aliphatic carbocycles. The third-order valence-corrected chi connectivity index (χ3v) is 2.85. The van der Waals surface area contributed by atoms with Crippen LogP contribution in [0.15, 0.2) is 0 Å². The van der Waals surface area contributed by atoms with E-state index >= 15 is 0 Å². The van der Waals surface area contributed by atoms with E-state index in [9.17, 15) is 45.5 Å². The lowest BCUT2D eigenvalue weighted by atomic mass is 10.2. The maximum absolute atomic E-state index is 11.6. The second-order valence-electron chi connectivity index (χ2n) is 5.05. The number of nitrogens with zero attached hydrogens (tertiary/aromatic N) is 2. The highest BCUT2D eigenvalue weighted by atomic mass is 35.5. The molecule has 2 aliphatic rings. The van der Waals surface area contributed by atoms with Crippen molar-refractivity contribution in [1.82, 2.24) is 9.32 Å². The number of carbonyl (C=O) groups is 4. The number of carbonyl (C=O) groups excluding carboxylic acids is 4. The summed E-state index contributed by atoms with van der Waals surface area (Å²) in [6.45, 7) is 0.521. The van der Waals surface area contributed by atoms with Crippen molar-refractivity contribution < 1.29 is 45.5 Å². The van der Waals surface area contributed by atoms with Gasteiger partial charge in [0.25, 0.3) is 0 Å². The monoisotopic (exact) mass is 432 g/mol. The van der Waals surface area contributed by atoms with Crippen molar-refractivity contribution >= 4 is 46.1 Å². The number of rotatable bonds is 2. The van der Waals surface area contributed by atoms with Crippen molar-refractivity contribution in [2.45, 2.75) is 25.2 Å². The largest absolute Gasteiger partial charge is 0.397 e. The summed E-state index contributed by atoms with van der Waals surface area (Å²) < 4.78 is 69.2. The SMILES string of the molecule is O=C(Cl)CC(F)(F)F.O=C1CN(C(=O)CC(F)(F)F)C1.O=C1CN(Cl)C1. The second kappa shape index (κ2) is 10.1. The van der Waals surface area contributed by atoms with Crippen LogP contribution in [0.3, 0.4) is 0 Å². The number of ketones is 2. The quantitative estimate of drug-likeness (QED) is 0.379. The molecule has 0 aromatic rings. The van der Waals surface area contributed by atoms with Crippen LogP contribution in [0.5, 0.6) is 0 Å². The summed E-state index contributed by atoms with van der Waals surface area (Å²) in [6, 6.07) is 0. The van der Waals surface area contributed by atoms with Crippen LogP contribution in [0.25, 0.3) is 0 Å². The molecule has 150 valence electrons. The predicted molar refractivity (Wildman–Crippen MR) is 76.2 cm³/mol. The number of hydrogen-bond donors (Lipinski definition) is 0. The van der Waals surface area contributed by atoms with Crippen LogP contribution in [0.2, 0.25) is 0 Å². The number of alkyl halides is 6. The lowest BCUT2D eigenvalue weighted by Gasteiger charge is -2.29. The van der Waals surface area contributed by atoms with Gasteiger partial charge in [-0.3, -0.25) is 19.2 Å². The molecule has 0 aromatic carbocycles. The minimum Gasteiger partial charge on any atom is -0.328 e. The highest BCUT2D eigenvalue weighted by Gasteiger charge is 2.37. The van der Waals surface area contributed by atoms with Crippen LogP contribution in [-0.4, -0.2) is 70.6 Å². The van der Waals surface area contributed by atoms with Crippen molar-refractivity contribution in [2.24, 2.45) is 0 Å². The average Bonchev–Trinajstić information content (AvgIpc) is 2.29. The first-order valence-corrected chi connectivity index (χ1v) is 7.34. The van der Waals surface area contributed by atoms with Gasteiger partial charge in [-0.1, -0.05) is 0 Å². The second-order valence-corrected chi connectivity index (χ2v) is 5.94. The summed E-state index contributed by atoms with van der Waals surface area (Å²) in [5, 5.41) is -1.38. The van der Waals surface area contributed by atoms with Gasteiger partial charge in [-0.2, -0.15) is 26.3 Å². The summed E-state index contributed by atoms with van der Waals surface area (Å²) in [7, 11) is 0. The first-order valence-electron chi connectivity index (χ1n) is 6.63. The van der Waals surface area contributed by atoms with Gasteiger partial charge < -0.3 is 4.90 Å². The fraction of sp³-hybridized carbons (Fsp3) is 0.667. The maximum atomic E-state index is 11.6. The lowest BCUT2D eigenvalue weighted by Crippen LogP contribution is -2.51. The topological polar surface area (TPSA) is 74.8 Å².